The third-order valence-corrected chi connectivity index (χ3v) is 2.53. The third-order valence-electron chi connectivity index (χ3n) is 2.53. The molecule has 0 atom stereocenters. The highest BCUT2D eigenvalue weighted by Crippen LogP contribution is 2.05. The molecule has 0 unspecified atom stereocenters. The highest BCUT2D eigenvalue weighted by atomic mass is 16.1. The highest BCUT2D eigenvalue weighted by molar-refractivity contribution is 5.92. The van der Waals surface area contributed by atoms with Gasteiger partial charge in [0.25, 0.3) is 0 Å². The zero-order valence-corrected chi connectivity index (χ0v) is 9.26. The number of rotatable bonds is 4. The smallest absolute Gasteiger partial charge is 0.176 e. The van der Waals surface area contributed by atoms with Crippen molar-refractivity contribution in [2.45, 2.75) is 19.9 Å². The first-order chi connectivity index (χ1) is 7.77. The van der Waals surface area contributed by atoms with Gasteiger partial charge in [0.1, 0.15) is 0 Å². The van der Waals surface area contributed by atoms with Crippen LogP contribution in [0.25, 0.3) is 0 Å². The molecule has 0 spiro atoms. The van der Waals surface area contributed by atoms with Crippen LogP contribution >= 0.6 is 0 Å². The number of aryl methyl sites for hydroxylation is 2. The van der Waals surface area contributed by atoms with Crippen LogP contribution in [0.2, 0.25) is 0 Å². The summed E-state index contributed by atoms with van der Waals surface area (Å²) in [6.45, 7) is 2.38. The Bertz CT molecular complexity index is 474. The third kappa shape index (κ3) is 2.37. The Morgan fingerprint density at radius 1 is 1.31 bits per heavy atom. The minimum Gasteiger partial charge on any atom is -0.345 e. The Hall–Kier alpha value is -1.90. The summed E-state index contributed by atoms with van der Waals surface area (Å²) in [5.41, 5.74) is 1.81. The predicted molar refractivity (Wildman–Crippen MR) is 62.4 cm³/mol. The summed E-state index contributed by atoms with van der Waals surface area (Å²) < 4.78 is 1.97. The van der Waals surface area contributed by atoms with Crippen LogP contribution in [0.15, 0.2) is 42.7 Å². The molecule has 0 radical (unpaired) electrons. The van der Waals surface area contributed by atoms with Crippen molar-refractivity contribution in [2.24, 2.45) is 0 Å². The summed E-state index contributed by atoms with van der Waals surface area (Å²) in [7, 11) is 0. The van der Waals surface area contributed by atoms with Gasteiger partial charge in [0.05, 0.1) is 5.69 Å². The second-order valence-corrected chi connectivity index (χ2v) is 3.71. The molecule has 0 saturated carbocycles. The largest absolute Gasteiger partial charge is 0.345 e. The van der Waals surface area contributed by atoms with Crippen molar-refractivity contribution in [2.75, 3.05) is 0 Å². The Morgan fingerprint density at radius 3 is 2.88 bits per heavy atom. The second-order valence-electron chi connectivity index (χ2n) is 3.71. The van der Waals surface area contributed by atoms with Gasteiger partial charge in [0.15, 0.2) is 5.78 Å². The highest BCUT2D eigenvalue weighted by Gasteiger charge is 2.05. The number of ketones is 1. The lowest BCUT2D eigenvalue weighted by Gasteiger charge is -2.06. The number of pyridine rings is 1. The molecular formula is C13H14N2O. The maximum absolute atomic E-state index is 11.3. The normalized spacial score (nSPS) is 10.3. The molecule has 0 aliphatic heterocycles. The van der Waals surface area contributed by atoms with E-state index < -0.39 is 0 Å². The average Bonchev–Trinajstić information content (AvgIpc) is 2.76. The molecule has 2 aromatic heterocycles. The fraction of sp³-hybridized carbons (Fsp3) is 0.231. The van der Waals surface area contributed by atoms with E-state index in [1.165, 1.54) is 0 Å². The van der Waals surface area contributed by atoms with Gasteiger partial charge in [-0.1, -0.05) is 6.07 Å². The molecule has 0 N–H and O–H groups in total. The molecule has 0 aliphatic rings. The number of hydrogen-bond acceptors (Lipinski definition) is 2. The first-order valence-electron chi connectivity index (χ1n) is 5.33. The lowest BCUT2D eigenvalue weighted by atomic mass is 10.2. The van der Waals surface area contributed by atoms with Gasteiger partial charge in [-0.25, -0.2) is 0 Å². The molecule has 3 nitrogen and oxygen atoms in total. The molecule has 2 heterocycles. The number of nitrogens with zero attached hydrogens (tertiary/aromatic N) is 2. The van der Waals surface area contributed by atoms with E-state index in [-0.39, 0.29) is 5.78 Å². The molecule has 0 bridgehead atoms. The van der Waals surface area contributed by atoms with Crippen molar-refractivity contribution < 1.29 is 4.79 Å². The van der Waals surface area contributed by atoms with Crippen LogP contribution in [0.5, 0.6) is 0 Å². The monoisotopic (exact) mass is 214 g/mol. The molecule has 2 aromatic rings. The van der Waals surface area contributed by atoms with Crippen LogP contribution in [0.3, 0.4) is 0 Å². The zero-order chi connectivity index (χ0) is 11.4. The van der Waals surface area contributed by atoms with E-state index >= 15 is 0 Å². The molecule has 0 aliphatic carbocycles. The lowest BCUT2D eigenvalue weighted by molar-refractivity contribution is 0.100. The first-order valence-corrected chi connectivity index (χ1v) is 5.33. The Labute approximate surface area is 94.7 Å². The van der Waals surface area contributed by atoms with Crippen LogP contribution in [0.4, 0.5) is 0 Å². The van der Waals surface area contributed by atoms with E-state index in [4.69, 9.17) is 0 Å². The van der Waals surface area contributed by atoms with Crippen molar-refractivity contribution in [3.8, 4) is 0 Å². The summed E-state index contributed by atoms with van der Waals surface area (Å²) in [4.78, 5) is 15.6. The topological polar surface area (TPSA) is 34.9 Å². The van der Waals surface area contributed by atoms with Gasteiger partial charge >= 0.3 is 0 Å². The van der Waals surface area contributed by atoms with Gasteiger partial charge in [-0.2, -0.15) is 0 Å². The van der Waals surface area contributed by atoms with Gasteiger partial charge in [0.2, 0.25) is 0 Å². The molecule has 0 aromatic carbocycles. The predicted octanol–water partition coefficient (Wildman–Crippen LogP) is 2.33. The van der Waals surface area contributed by atoms with Crippen molar-refractivity contribution in [1.29, 1.82) is 0 Å². The van der Waals surface area contributed by atoms with Gasteiger partial charge in [0, 0.05) is 38.0 Å². The maximum atomic E-state index is 11.3. The van der Waals surface area contributed by atoms with E-state index in [9.17, 15) is 4.79 Å². The molecule has 16 heavy (non-hydrogen) atoms. The number of Topliss-reactive ketones (excluding diaryl/α,β-unsaturated/α-hetero) is 1. The Balaban J connectivity index is 2.05. The maximum Gasteiger partial charge on any atom is 0.176 e. The van der Waals surface area contributed by atoms with Crippen LogP contribution in [-0.4, -0.2) is 15.3 Å². The minimum atomic E-state index is 0.103. The molecule has 82 valence electrons. The van der Waals surface area contributed by atoms with Crippen LogP contribution in [-0.2, 0) is 13.0 Å². The van der Waals surface area contributed by atoms with Crippen LogP contribution in [0.1, 0.15) is 23.1 Å². The van der Waals surface area contributed by atoms with Gasteiger partial charge < -0.3 is 4.57 Å². The molecule has 2 rings (SSSR count). The summed E-state index contributed by atoms with van der Waals surface area (Å²) in [6, 6.07) is 9.62. The van der Waals surface area contributed by atoms with Gasteiger partial charge in [-0.3, -0.25) is 9.78 Å². The molecule has 3 heteroatoms. The van der Waals surface area contributed by atoms with E-state index in [1.54, 1.807) is 13.1 Å². The summed E-state index contributed by atoms with van der Waals surface area (Å²) >= 11 is 0. The van der Waals surface area contributed by atoms with Crippen molar-refractivity contribution in [3.05, 3.63) is 54.1 Å². The number of hydrogen-bond donors (Lipinski definition) is 0. The van der Waals surface area contributed by atoms with E-state index in [2.05, 4.69) is 4.98 Å². The zero-order valence-electron chi connectivity index (χ0n) is 9.26. The summed E-state index contributed by atoms with van der Waals surface area (Å²) in [5.74, 6) is 0.103. The number of carbonyl (C=O) groups excluding carboxylic acids is 1. The number of carbonyl (C=O) groups is 1. The lowest BCUT2D eigenvalue weighted by Crippen LogP contribution is -2.08. The summed E-state index contributed by atoms with van der Waals surface area (Å²) in [6.07, 6.45) is 4.56. The van der Waals surface area contributed by atoms with Gasteiger partial charge in [-0.05, 0) is 24.3 Å². The van der Waals surface area contributed by atoms with Crippen molar-refractivity contribution >= 4 is 5.78 Å². The van der Waals surface area contributed by atoms with E-state index in [1.807, 2.05) is 41.1 Å². The van der Waals surface area contributed by atoms with Crippen LogP contribution < -0.4 is 0 Å². The van der Waals surface area contributed by atoms with Crippen molar-refractivity contribution in [1.82, 2.24) is 9.55 Å². The Kier molecular flexibility index (Phi) is 3.15. The number of aromatic nitrogens is 2. The molecule has 0 saturated heterocycles. The first kappa shape index (κ1) is 10.6. The van der Waals surface area contributed by atoms with Crippen LogP contribution in [0, 0.1) is 0 Å². The molecule has 0 amide bonds. The second kappa shape index (κ2) is 4.75. The average molecular weight is 214 g/mol. The molecule has 0 fully saturated rings. The van der Waals surface area contributed by atoms with Gasteiger partial charge in [-0.15, -0.1) is 0 Å². The quantitative estimate of drug-likeness (QED) is 0.732. The summed E-state index contributed by atoms with van der Waals surface area (Å²) in [5, 5.41) is 0. The van der Waals surface area contributed by atoms with Crippen molar-refractivity contribution in [3.63, 3.8) is 0 Å². The minimum absolute atomic E-state index is 0.103. The standard InChI is InChI=1S/C13H14N2O/c1-11(16)13-6-4-9-15(13)10-7-12-5-2-3-8-14-12/h2-6,8-9H,7,10H2,1H3. The van der Waals surface area contributed by atoms with E-state index in [0.29, 0.717) is 0 Å². The SMILES string of the molecule is CC(=O)c1cccn1CCc1ccccn1. The fourth-order valence-electron chi connectivity index (χ4n) is 1.71. The molecular weight excluding hydrogens is 200 g/mol. The fourth-order valence-corrected chi connectivity index (χ4v) is 1.71. The Morgan fingerprint density at radius 2 is 2.19 bits per heavy atom. The van der Waals surface area contributed by atoms with E-state index in [0.717, 1.165) is 24.4 Å².